The molecule has 0 bridgehead atoms. The number of ether oxygens (including phenoxy) is 1. The zero-order valence-corrected chi connectivity index (χ0v) is 25.3. The molecule has 0 radical (unpaired) electrons. The fraction of sp³-hybridized carbons (Fsp3) is 0.576. The monoisotopic (exact) mass is 557 g/mol. The number of phenols is 1. The van der Waals surface area contributed by atoms with E-state index in [4.69, 9.17) is 4.74 Å². The van der Waals surface area contributed by atoms with Crippen LogP contribution in [0.25, 0.3) is 0 Å². The highest BCUT2D eigenvalue weighted by Gasteiger charge is 2.36. The molecule has 0 aliphatic carbocycles. The van der Waals surface area contributed by atoms with Gasteiger partial charge in [0, 0.05) is 0 Å². The summed E-state index contributed by atoms with van der Waals surface area (Å²) in [6, 6.07) is 6.38. The molecule has 1 amide bonds. The fourth-order valence-corrected chi connectivity index (χ4v) is 5.49. The van der Waals surface area contributed by atoms with Gasteiger partial charge in [0.15, 0.2) is 0 Å². The Kier molecular flexibility index (Phi) is 19.8. The number of allylic oxidation sites excluding steroid dienone is 6. The van der Waals surface area contributed by atoms with Crippen LogP contribution in [0.1, 0.15) is 108 Å². The minimum atomic E-state index is -0.532. The van der Waals surface area contributed by atoms with Crippen LogP contribution in [0.4, 0.5) is 0 Å². The summed E-state index contributed by atoms with van der Waals surface area (Å²) < 4.78 is 5.01. The molecule has 0 heterocycles. The lowest BCUT2D eigenvalue weighted by molar-refractivity contribution is -0.146. The Morgan fingerprint density at radius 1 is 0.872 bits per heavy atom. The quantitative estimate of drug-likeness (QED) is 0.0848. The molecule has 0 saturated heterocycles. The number of rotatable bonds is 22. The van der Waals surface area contributed by atoms with Gasteiger partial charge < -0.3 is 15.2 Å². The molecule has 0 aromatic heterocycles. The van der Waals surface area contributed by atoms with Gasteiger partial charge >= 0.3 is 5.97 Å². The fourth-order valence-electron chi connectivity index (χ4n) is 4.17. The summed E-state index contributed by atoms with van der Waals surface area (Å²) in [7, 11) is 0. The van der Waals surface area contributed by atoms with Crippen LogP contribution in [-0.4, -0.2) is 40.6 Å². The standard InChI is InChI=1S/C33H51NO4S/c1-4-7-8-9-10-11-12-13-14-15-16-17-18-19-20-23-28-39-33(5-2,6-3)32(37)38-27-26-34-31(36)29-24-21-22-25-30(29)35/h7-8,10-11,13-14,21-22,24-25,35H,4-6,9,12,15-20,23,26-28H2,1-3H3,(H,34,36). The molecule has 6 heteroatoms. The maximum Gasteiger partial charge on any atom is 0.322 e. The molecule has 0 atom stereocenters. The van der Waals surface area contributed by atoms with Crippen LogP contribution in [0.5, 0.6) is 5.75 Å². The first-order valence-corrected chi connectivity index (χ1v) is 15.8. The van der Waals surface area contributed by atoms with Crippen molar-refractivity contribution in [2.24, 2.45) is 0 Å². The van der Waals surface area contributed by atoms with Crippen molar-refractivity contribution >= 4 is 23.6 Å². The van der Waals surface area contributed by atoms with E-state index in [9.17, 15) is 14.7 Å². The zero-order valence-electron chi connectivity index (χ0n) is 24.5. The molecule has 5 nitrogen and oxygen atoms in total. The lowest BCUT2D eigenvalue weighted by Gasteiger charge is -2.28. The third kappa shape index (κ3) is 15.0. The predicted molar refractivity (Wildman–Crippen MR) is 166 cm³/mol. The molecule has 1 rings (SSSR count). The number of benzene rings is 1. The molecule has 1 aromatic rings. The maximum atomic E-state index is 12.9. The lowest BCUT2D eigenvalue weighted by Crippen LogP contribution is -2.38. The van der Waals surface area contributed by atoms with Crippen LogP contribution in [0.3, 0.4) is 0 Å². The van der Waals surface area contributed by atoms with Crippen LogP contribution in [0.15, 0.2) is 60.7 Å². The van der Waals surface area contributed by atoms with Crippen LogP contribution >= 0.6 is 11.8 Å². The third-order valence-corrected chi connectivity index (χ3v) is 8.50. The van der Waals surface area contributed by atoms with Crippen molar-refractivity contribution in [1.29, 1.82) is 0 Å². The largest absolute Gasteiger partial charge is 0.507 e. The van der Waals surface area contributed by atoms with E-state index in [1.165, 1.54) is 38.2 Å². The van der Waals surface area contributed by atoms with E-state index >= 15 is 0 Å². The Balaban J connectivity index is 2.15. The molecule has 0 aliphatic heterocycles. The van der Waals surface area contributed by atoms with Gasteiger partial charge in [-0.05, 0) is 69.3 Å². The van der Waals surface area contributed by atoms with E-state index in [1.807, 2.05) is 13.8 Å². The molecular weight excluding hydrogens is 506 g/mol. The molecule has 0 saturated carbocycles. The van der Waals surface area contributed by atoms with E-state index in [-0.39, 0.29) is 36.3 Å². The van der Waals surface area contributed by atoms with Gasteiger partial charge in [-0.25, -0.2) is 0 Å². The van der Waals surface area contributed by atoms with Gasteiger partial charge in [0.25, 0.3) is 5.91 Å². The number of para-hydroxylation sites is 1. The Labute approximate surface area is 241 Å². The average Bonchev–Trinajstić information content (AvgIpc) is 2.95. The van der Waals surface area contributed by atoms with Crippen molar-refractivity contribution in [2.75, 3.05) is 18.9 Å². The normalized spacial score (nSPS) is 12.1. The molecule has 1 aromatic carbocycles. The van der Waals surface area contributed by atoms with Gasteiger partial charge in [0.1, 0.15) is 17.1 Å². The number of phenolic OH excluding ortho intramolecular Hbond substituents is 1. The van der Waals surface area contributed by atoms with Crippen molar-refractivity contribution in [3.8, 4) is 5.75 Å². The second kappa shape index (κ2) is 22.4. The van der Waals surface area contributed by atoms with Crippen LogP contribution < -0.4 is 5.32 Å². The predicted octanol–water partition coefficient (Wildman–Crippen LogP) is 8.55. The highest BCUT2D eigenvalue weighted by molar-refractivity contribution is 8.01. The topological polar surface area (TPSA) is 75.6 Å². The van der Waals surface area contributed by atoms with E-state index in [2.05, 4.69) is 48.7 Å². The first-order chi connectivity index (χ1) is 19.0. The third-order valence-electron chi connectivity index (χ3n) is 6.71. The van der Waals surface area contributed by atoms with Gasteiger partial charge in [-0.15, -0.1) is 11.8 Å². The number of thioether (sulfide) groups is 1. The number of carbonyl (C=O) groups is 2. The summed E-state index contributed by atoms with van der Waals surface area (Å²) in [5.41, 5.74) is 0.211. The van der Waals surface area contributed by atoms with Gasteiger partial charge in [0.05, 0.1) is 12.1 Å². The van der Waals surface area contributed by atoms with E-state index in [1.54, 1.807) is 30.0 Å². The Bertz CT molecular complexity index is 889. The Hall–Kier alpha value is -2.47. The SMILES string of the molecule is CCC=CCC=CCC=CCCCCCCCCSC(CC)(CC)C(=O)OCCNC(=O)c1ccccc1O. The molecule has 0 unspecified atom stereocenters. The summed E-state index contributed by atoms with van der Waals surface area (Å²) in [6.45, 7) is 6.55. The van der Waals surface area contributed by atoms with Crippen molar-refractivity contribution in [1.82, 2.24) is 5.32 Å². The molecule has 39 heavy (non-hydrogen) atoms. The summed E-state index contributed by atoms with van der Waals surface area (Å²) in [5.74, 6) is 0.296. The average molecular weight is 558 g/mol. The zero-order chi connectivity index (χ0) is 28.6. The number of nitrogens with one attached hydrogen (secondary N) is 1. The van der Waals surface area contributed by atoms with Crippen LogP contribution in [-0.2, 0) is 9.53 Å². The number of hydrogen-bond acceptors (Lipinski definition) is 5. The van der Waals surface area contributed by atoms with E-state index in [0.717, 1.165) is 50.7 Å². The van der Waals surface area contributed by atoms with Crippen molar-refractivity contribution < 1.29 is 19.4 Å². The summed E-state index contributed by atoms with van der Waals surface area (Å²) in [5, 5.41) is 12.5. The highest BCUT2D eigenvalue weighted by atomic mass is 32.2. The van der Waals surface area contributed by atoms with Gasteiger partial charge in [0.2, 0.25) is 0 Å². The number of carbonyl (C=O) groups excluding carboxylic acids is 2. The number of hydrogen-bond donors (Lipinski definition) is 2. The lowest BCUT2D eigenvalue weighted by atomic mass is 10.0. The molecule has 0 spiro atoms. The van der Waals surface area contributed by atoms with Gasteiger partial charge in [-0.1, -0.05) is 95.0 Å². The second-order valence-corrected chi connectivity index (χ2v) is 11.1. The van der Waals surface area contributed by atoms with Crippen molar-refractivity contribution in [2.45, 2.75) is 103 Å². The Morgan fingerprint density at radius 2 is 1.49 bits per heavy atom. The minimum absolute atomic E-state index is 0.0678. The van der Waals surface area contributed by atoms with Crippen LogP contribution in [0, 0.1) is 0 Å². The maximum absolute atomic E-state index is 12.9. The first kappa shape index (κ1) is 34.6. The van der Waals surface area contributed by atoms with E-state index in [0.29, 0.717) is 0 Å². The number of aromatic hydroxyl groups is 1. The van der Waals surface area contributed by atoms with Crippen molar-refractivity contribution in [3.63, 3.8) is 0 Å². The molecule has 218 valence electrons. The second-order valence-electron chi connectivity index (χ2n) is 9.66. The summed E-state index contributed by atoms with van der Waals surface area (Å²) >= 11 is 1.71. The highest BCUT2D eigenvalue weighted by Crippen LogP contribution is 2.35. The molecular formula is C33H51NO4S. The molecule has 0 aliphatic rings. The number of unbranched alkanes of at least 4 members (excludes halogenated alkanes) is 6. The first-order valence-electron chi connectivity index (χ1n) is 14.8. The minimum Gasteiger partial charge on any atom is -0.507 e. The van der Waals surface area contributed by atoms with Crippen molar-refractivity contribution in [3.05, 3.63) is 66.3 Å². The Morgan fingerprint density at radius 3 is 2.15 bits per heavy atom. The smallest absolute Gasteiger partial charge is 0.322 e. The van der Waals surface area contributed by atoms with Gasteiger partial charge in [-0.3, -0.25) is 9.59 Å². The van der Waals surface area contributed by atoms with Gasteiger partial charge in [-0.2, -0.15) is 0 Å². The number of esters is 1. The summed E-state index contributed by atoms with van der Waals surface area (Å²) in [6.07, 6.45) is 26.5. The molecule has 0 fully saturated rings. The van der Waals surface area contributed by atoms with E-state index < -0.39 is 4.75 Å². The van der Waals surface area contributed by atoms with Crippen LogP contribution in [0.2, 0.25) is 0 Å². The number of amides is 1. The summed E-state index contributed by atoms with van der Waals surface area (Å²) in [4.78, 5) is 25.1. The molecule has 2 N–H and O–H groups in total.